The number of hydrogen-bond donors (Lipinski definition) is 2. The molecule has 1 heterocycles. The number of nitrogens with one attached hydrogen (secondary N) is 2. The molecule has 0 saturated carbocycles. The van der Waals surface area contributed by atoms with Crippen LogP contribution in [0.15, 0.2) is 66.0 Å². The fourth-order valence-electron chi connectivity index (χ4n) is 2.55. The second-order valence-electron chi connectivity index (χ2n) is 5.86. The lowest BCUT2D eigenvalue weighted by Gasteiger charge is -2.21. The van der Waals surface area contributed by atoms with Crippen molar-refractivity contribution in [2.45, 2.75) is 19.6 Å². The van der Waals surface area contributed by atoms with Crippen LogP contribution in [0, 0.1) is 6.92 Å². The van der Waals surface area contributed by atoms with Gasteiger partial charge >= 0.3 is 6.61 Å². The van der Waals surface area contributed by atoms with Crippen molar-refractivity contribution >= 4 is 34.4 Å². The number of alkyl halides is 2. The number of anilines is 1. The molecule has 0 bridgehead atoms. The molecule has 1 aromatic heterocycles. The van der Waals surface area contributed by atoms with Crippen LogP contribution < -0.4 is 15.4 Å². The summed E-state index contributed by atoms with van der Waals surface area (Å²) in [7, 11) is 0. The van der Waals surface area contributed by atoms with E-state index in [0.717, 1.165) is 10.4 Å². The molecule has 0 radical (unpaired) electrons. The highest BCUT2D eigenvalue weighted by atomic mass is 32.1. The summed E-state index contributed by atoms with van der Waals surface area (Å²) >= 11 is 7.09. The maximum Gasteiger partial charge on any atom is 0.387 e. The van der Waals surface area contributed by atoms with E-state index in [1.54, 1.807) is 23.5 Å². The number of hydrogen-bond acceptors (Lipinski definition) is 3. The SMILES string of the molecule is Cc1ccc([C@@H](NC(=S)Nc2ccc(OC(F)F)cc2)c2cccs2)cc1. The first-order valence-electron chi connectivity index (χ1n) is 8.23. The molecule has 1 atom stereocenters. The highest BCUT2D eigenvalue weighted by Crippen LogP contribution is 2.26. The topological polar surface area (TPSA) is 33.3 Å². The molecule has 0 saturated heterocycles. The standard InChI is InChI=1S/C20H18F2N2OS2/c1-13-4-6-14(7-5-13)18(17-3-2-12-27-17)24-20(26)23-15-8-10-16(11-9-15)25-19(21)22/h2-12,18-19H,1H3,(H2,23,24,26)/t18-/m1/s1. The fraction of sp³-hybridized carbons (Fsp3) is 0.150. The number of benzene rings is 2. The number of ether oxygens (including phenoxy) is 1. The van der Waals surface area contributed by atoms with Crippen LogP contribution in [0.1, 0.15) is 22.0 Å². The molecule has 2 N–H and O–H groups in total. The van der Waals surface area contributed by atoms with E-state index in [4.69, 9.17) is 12.2 Å². The molecule has 0 amide bonds. The Morgan fingerprint density at radius 3 is 2.33 bits per heavy atom. The van der Waals surface area contributed by atoms with Crippen LogP contribution in [0.3, 0.4) is 0 Å². The summed E-state index contributed by atoms with van der Waals surface area (Å²) in [4.78, 5) is 1.14. The molecule has 27 heavy (non-hydrogen) atoms. The van der Waals surface area contributed by atoms with E-state index in [9.17, 15) is 8.78 Å². The lowest BCUT2D eigenvalue weighted by atomic mass is 10.0. The van der Waals surface area contributed by atoms with Gasteiger partial charge in [-0.1, -0.05) is 35.9 Å². The molecule has 0 spiro atoms. The van der Waals surface area contributed by atoms with E-state index in [2.05, 4.69) is 45.7 Å². The van der Waals surface area contributed by atoms with E-state index >= 15 is 0 Å². The molecule has 140 valence electrons. The number of halogens is 2. The molecule has 0 aliphatic heterocycles. The summed E-state index contributed by atoms with van der Waals surface area (Å²) in [5.41, 5.74) is 2.98. The Balaban J connectivity index is 1.70. The first kappa shape index (κ1) is 19.3. The predicted molar refractivity (Wildman–Crippen MR) is 110 cm³/mol. The molecular formula is C20H18F2N2OS2. The van der Waals surface area contributed by atoms with Crippen LogP contribution in [0.25, 0.3) is 0 Å². The Morgan fingerprint density at radius 2 is 1.74 bits per heavy atom. The monoisotopic (exact) mass is 404 g/mol. The van der Waals surface area contributed by atoms with Gasteiger partial charge < -0.3 is 15.4 Å². The van der Waals surface area contributed by atoms with E-state index in [1.807, 2.05) is 18.4 Å². The Kier molecular flexibility index (Phi) is 6.36. The first-order valence-corrected chi connectivity index (χ1v) is 9.52. The maximum atomic E-state index is 12.2. The fourth-order valence-corrected chi connectivity index (χ4v) is 3.59. The largest absolute Gasteiger partial charge is 0.435 e. The van der Waals surface area contributed by atoms with E-state index in [0.29, 0.717) is 10.8 Å². The minimum absolute atomic E-state index is 0.0768. The highest BCUT2D eigenvalue weighted by Gasteiger charge is 2.16. The molecule has 0 unspecified atom stereocenters. The summed E-state index contributed by atoms with van der Waals surface area (Å²) in [5, 5.41) is 8.87. The normalized spacial score (nSPS) is 11.9. The minimum Gasteiger partial charge on any atom is -0.435 e. The van der Waals surface area contributed by atoms with Crippen LogP contribution in [-0.4, -0.2) is 11.7 Å². The third kappa shape index (κ3) is 5.48. The van der Waals surface area contributed by atoms with Crippen LogP contribution in [0.2, 0.25) is 0 Å². The Morgan fingerprint density at radius 1 is 1.04 bits per heavy atom. The Bertz CT molecular complexity index is 866. The quantitative estimate of drug-likeness (QED) is 0.514. The van der Waals surface area contributed by atoms with Crippen LogP contribution in [0.5, 0.6) is 5.75 Å². The lowest BCUT2D eigenvalue weighted by molar-refractivity contribution is -0.0498. The number of rotatable bonds is 6. The smallest absolute Gasteiger partial charge is 0.387 e. The minimum atomic E-state index is -2.84. The molecule has 0 aliphatic rings. The van der Waals surface area contributed by atoms with E-state index in [-0.39, 0.29) is 11.8 Å². The zero-order valence-electron chi connectivity index (χ0n) is 14.5. The van der Waals surface area contributed by atoms with Crippen molar-refractivity contribution in [1.29, 1.82) is 0 Å². The van der Waals surface area contributed by atoms with Gasteiger partial charge in [0.05, 0.1) is 6.04 Å². The average Bonchev–Trinajstić information content (AvgIpc) is 3.16. The van der Waals surface area contributed by atoms with Crippen LogP contribution >= 0.6 is 23.6 Å². The molecule has 2 aromatic carbocycles. The molecule has 0 aliphatic carbocycles. The molecular weight excluding hydrogens is 386 g/mol. The summed E-state index contributed by atoms with van der Waals surface area (Å²) in [6, 6.07) is 18.5. The third-order valence-corrected chi connectivity index (χ3v) is 5.01. The third-order valence-electron chi connectivity index (χ3n) is 3.85. The second-order valence-corrected chi connectivity index (χ2v) is 7.25. The summed E-state index contributed by atoms with van der Waals surface area (Å²) in [6.45, 7) is -0.794. The number of thiophene rings is 1. The maximum absolute atomic E-state index is 12.2. The number of thiocarbonyl (C=S) groups is 1. The van der Waals surface area contributed by atoms with Crippen molar-refractivity contribution in [1.82, 2.24) is 5.32 Å². The van der Waals surface area contributed by atoms with Gasteiger partial charge in [-0.25, -0.2) is 0 Å². The molecule has 3 nitrogen and oxygen atoms in total. The Labute approximate surface area is 166 Å². The van der Waals surface area contributed by atoms with Crippen molar-refractivity contribution in [3.05, 3.63) is 82.0 Å². The first-order chi connectivity index (χ1) is 13.0. The van der Waals surface area contributed by atoms with Crippen LogP contribution in [-0.2, 0) is 0 Å². The van der Waals surface area contributed by atoms with Crippen molar-refractivity contribution in [2.75, 3.05) is 5.32 Å². The van der Waals surface area contributed by atoms with Gasteiger partial charge in [0.2, 0.25) is 0 Å². The molecule has 3 aromatic rings. The van der Waals surface area contributed by atoms with Crippen molar-refractivity contribution in [2.24, 2.45) is 0 Å². The van der Waals surface area contributed by atoms with Crippen molar-refractivity contribution < 1.29 is 13.5 Å². The van der Waals surface area contributed by atoms with Gasteiger partial charge in [0.1, 0.15) is 5.75 Å². The van der Waals surface area contributed by atoms with Gasteiger partial charge in [0.15, 0.2) is 5.11 Å². The van der Waals surface area contributed by atoms with Gasteiger partial charge in [0, 0.05) is 10.6 Å². The van der Waals surface area contributed by atoms with Gasteiger partial charge in [-0.05, 0) is 60.4 Å². The van der Waals surface area contributed by atoms with E-state index < -0.39 is 6.61 Å². The Hall–Kier alpha value is -2.51. The average molecular weight is 405 g/mol. The van der Waals surface area contributed by atoms with Crippen molar-refractivity contribution in [3.8, 4) is 5.75 Å². The van der Waals surface area contributed by atoms with Gasteiger partial charge in [-0.2, -0.15) is 8.78 Å². The number of aryl methyl sites for hydroxylation is 1. The second kappa shape index (κ2) is 8.92. The molecule has 0 fully saturated rings. The highest BCUT2D eigenvalue weighted by molar-refractivity contribution is 7.80. The van der Waals surface area contributed by atoms with Gasteiger partial charge in [0.25, 0.3) is 0 Å². The van der Waals surface area contributed by atoms with Crippen molar-refractivity contribution in [3.63, 3.8) is 0 Å². The molecule has 7 heteroatoms. The summed E-state index contributed by atoms with van der Waals surface area (Å²) < 4.78 is 28.8. The lowest BCUT2D eigenvalue weighted by Crippen LogP contribution is -2.32. The van der Waals surface area contributed by atoms with E-state index in [1.165, 1.54) is 17.7 Å². The van der Waals surface area contributed by atoms with Crippen LogP contribution in [0.4, 0.5) is 14.5 Å². The summed E-state index contributed by atoms with van der Waals surface area (Å²) in [6.07, 6.45) is 0. The zero-order chi connectivity index (χ0) is 19.2. The van der Waals surface area contributed by atoms with Gasteiger partial charge in [-0.3, -0.25) is 0 Å². The zero-order valence-corrected chi connectivity index (χ0v) is 16.1. The summed E-state index contributed by atoms with van der Waals surface area (Å²) in [5.74, 6) is 0.102. The predicted octanol–water partition coefficient (Wildman–Crippen LogP) is 5.73. The molecule has 3 rings (SSSR count). The van der Waals surface area contributed by atoms with Gasteiger partial charge in [-0.15, -0.1) is 11.3 Å².